The highest BCUT2D eigenvalue weighted by Gasteiger charge is 2.35. The summed E-state index contributed by atoms with van der Waals surface area (Å²) in [6.45, 7) is 3.64. The van der Waals surface area contributed by atoms with Gasteiger partial charge >= 0.3 is 12.2 Å². The molecule has 0 radical (unpaired) electrons. The molecule has 0 spiro atoms. The molecular weight excluding hydrogens is 466 g/mol. The van der Waals surface area contributed by atoms with E-state index in [1.54, 1.807) is 0 Å². The number of rotatable bonds is 8. The van der Waals surface area contributed by atoms with Gasteiger partial charge < -0.3 is 20.0 Å². The fourth-order valence-electron chi connectivity index (χ4n) is 3.97. The van der Waals surface area contributed by atoms with Crippen LogP contribution in [0, 0.1) is 5.82 Å². The summed E-state index contributed by atoms with van der Waals surface area (Å²) >= 11 is 0. The minimum Gasteiger partial charge on any atom is -0.403 e. The Balaban J connectivity index is 1.44. The molecular formula is C24H25F4N5O2. The molecule has 4 rings (SSSR count). The van der Waals surface area contributed by atoms with E-state index in [9.17, 15) is 22.4 Å². The van der Waals surface area contributed by atoms with Crippen molar-refractivity contribution in [2.45, 2.75) is 31.9 Å². The zero-order valence-electron chi connectivity index (χ0n) is 18.9. The maximum atomic E-state index is 13.8. The number of benzene rings is 2. The lowest BCUT2D eigenvalue weighted by molar-refractivity contribution is -0.137. The Labute approximate surface area is 199 Å². The van der Waals surface area contributed by atoms with Crippen LogP contribution in [0.5, 0.6) is 0 Å². The third-order valence-electron chi connectivity index (χ3n) is 5.73. The van der Waals surface area contributed by atoms with Gasteiger partial charge in [0.1, 0.15) is 5.82 Å². The van der Waals surface area contributed by atoms with Gasteiger partial charge in [-0.1, -0.05) is 23.7 Å². The van der Waals surface area contributed by atoms with E-state index in [4.69, 9.17) is 4.42 Å². The third-order valence-corrected chi connectivity index (χ3v) is 5.73. The molecule has 2 heterocycles. The molecule has 3 aromatic rings. The fraction of sp³-hybridized carbons (Fsp3) is 0.375. The van der Waals surface area contributed by atoms with E-state index >= 15 is 0 Å². The standard InChI is InChI=1S/C24H25F4N5O2/c25-20-8-3-2-7-18(20)21(34)30-16-9-10-17(19(15-16)24(26,27)28)22-31-32-23(35-22)29-11-6-14-33-12-4-1-5-13-33/h2-3,7-10,15H,1,4-6,11-14H2,(H,29,32)(H,30,34). The number of likely N-dealkylation sites (tertiary alicyclic amines) is 1. The smallest absolute Gasteiger partial charge is 0.403 e. The highest BCUT2D eigenvalue weighted by atomic mass is 19.4. The van der Waals surface area contributed by atoms with Crippen LogP contribution in [0.25, 0.3) is 11.5 Å². The SMILES string of the molecule is O=C(Nc1ccc(-c2nnc(NCCCN3CCCCC3)o2)c(C(F)(F)F)c1)c1ccccc1F. The molecule has 1 aromatic heterocycles. The average Bonchev–Trinajstić information content (AvgIpc) is 3.31. The average molecular weight is 491 g/mol. The maximum absolute atomic E-state index is 13.8. The molecule has 1 fully saturated rings. The number of anilines is 2. The van der Waals surface area contributed by atoms with Crippen LogP contribution in [0.4, 0.5) is 29.3 Å². The van der Waals surface area contributed by atoms with Gasteiger partial charge in [0.25, 0.3) is 5.91 Å². The normalized spacial score (nSPS) is 14.6. The van der Waals surface area contributed by atoms with E-state index in [2.05, 4.69) is 25.7 Å². The summed E-state index contributed by atoms with van der Waals surface area (Å²) in [5.74, 6) is -1.94. The molecule has 0 atom stereocenters. The van der Waals surface area contributed by atoms with Gasteiger partial charge in [0.05, 0.1) is 16.7 Å². The first kappa shape index (κ1) is 24.6. The van der Waals surface area contributed by atoms with Gasteiger partial charge in [0, 0.05) is 12.2 Å². The molecule has 35 heavy (non-hydrogen) atoms. The number of aromatic nitrogens is 2. The lowest BCUT2D eigenvalue weighted by Gasteiger charge is -2.26. The van der Waals surface area contributed by atoms with E-state index in [-0.39, 0.29) is 28.7 Å². The minimum absolute atomic E-state index is 0.0312. The van der Waals surface area contributed by atoms with Crippen molar-refractivity contribution in [2.24, 2.45) is 0 Å². The molecule has 0 aliphatic carbocycles. The highest BCUT2D eigenvalue weighted by molar-refractivity contribution is 6.04. The number of hydrogen-bond donors (Lipinski definition) is 2. The molecule has 2 N–H and O–H groups in total. The zero-order valence-corrected chi connectivity index (χ0v) is 18.9. The maximum Gasteiger partial charge on any atom is 0.417 e. The molecule has 11 heteroatoms. The molecule has 2 aromatic carbocycles. The van der Waals surface area contributed by atoms with Gasteiger partial charge in [0.2, 0.25) is 5.89 Å². The highest BCUT2D eigenvalue weighted by Crippen LogP contribution is 2.38. The van der Waals surface area contributed by atoms with Crippen LogP contribution < -0.4 is 10.6 Å². The molecule has 186 valence electrons. The van der Waals surface area contributed by atoms with E-state index < -0.39 is 23.5 Å². The molecule has 1 aliphatic heterocycles. The van der Waals surface area contributed by atoms with E-state index in [1.165, 1.54) is 43.5 Å². The van der Waals surface area contributed by atoms with Gasteiger partial charge in [-0.15, -0.1) is 5.10 Å². The Morgan fingerprint density at radius 3 is 2.57 bits per heavy atom. The van der Waals surface area contributed by atoms with Crippen LogP contribution >= 0.6 is 0 Å². The Morgan fingerprint density at radius 2 is 1.83 bits per heavy atom. The van der Waals surface area contributed by atoms with E-state index in [0.717, 1.165) is 44.3 Å². The Morgan fingerprint density at radius 1 is 1.06 bits per heavy atom. The number of carbonyl (C=O) groups is 1. The van der Waals surface area contributed by atoms with Crippen LogP contribution in [0.1, 0.15) is 41.6 Å². The third kappa shape index (κ3) is 6.36. The number of hydrogen-bond acceptors (Lipinski definition) is 6. The summed E-state index contributed by atoms with van der Waals surface area (Å²) in [5.41, 5.74) is -1.82. The minimum atomic E-state index is -4.76. The Bertz CT molecular complexity index is 1160. The van der Waals surface area contributed by atoms with Crippen LogP contribution in [0.2, 0.25) is 0 Å². The van der Waals surface area contributed by atoms with Crippen LogP contribution in [0.15, 0.2) is 46.9 Å². The first-order valence-corrected chi connectivity index (χ1v) is 11.4. The summed E-state index contributed by atoms with van der Waals surface area (Å²) in [4.78, 5) is 14.7. The number of carbonyl (C=O) groups excluding carboxylic acids is 1. The molecule has 0 bridgehead atoms. The van der Waals surface area contributed by atoms with Gasteiger partial charge in [-0.05, 0) is 69.2 Å². The lowest BCUT2D eigenvalue weighted by Crippen LogP contribution is -2.31. The molecule has 1 amide bonds. The molecule has 0 saturated carbocycles. The van der Waals surface area contributed by atoms with E-state index in [0.29, 0.717) is 6.54 Å². The topological polar surface area (TPSA) is 83.3 Å². The monoisotopic (exact) mass is 491 g/mol. The fourth-order valence-corrected chi connectivity index (χ4v) is 3.97. The van der Waals surface area contributed by atoms with Crippen molar-refractivity contribution < 1.29 is 26.8 Å². The van der Waals surface area contributed by atoms with Crippen LogP contribution in [0.3, 0.4) is 0 Å². The molecule has 7 nitrogen and oxygen atoms in total. The zero-order chi connectivity index (χ0) is 24.8. The number of nitrogens with one attached hydrogen (secondary N) is 2. The Kier molecular flexibility index (Phi) is 7.64. The lowest BCUT2D eigenvalue weighted by atomic mass is 10.1. The quantitative estimate of drug-likeness (QED) is 0.323. The number of nitrogens with zero attached hydrogens (tertiary/aromatic N) is 3. The molecule has 0 unspecified atom stereocenters. The summed E-state index contributed by atoms with van der Waals surface area (Å²) in [6, 6.07) is 8.37. The summed E-state index contributed by atoms with van der Waals surface area (Å²) in [6.07, 6.45) is -0.258. The number of halogens is 4. The van der Waals surface area contributed by atoms with Crippen molar-refractivity contribution in [1.82, 2.24) is 15.1 Å². The van der Waals surface area contributed by atoms with Gasteiger partial charge in [0.15, 0.2) is 0 Å². The largest absolute Gasteiger partial charge is 0.417 e. The first-order chi connectivity index (χ1) is 16.8. The predicted molar refractivity (Wildman–Crippen MR) is 122 cm³/mol. The van der Waals surface area contributed by atoms with Crippen molar-refractivity contribution in [3.8, 4) is 11.5 Å². The van der Waals surface area contributed by atoms with Crippen LogP contribution in [-0.4, -0.2) is 47.2 Å². The van der Waals surface area contributed by atoms with Crippen molar-refractivity contribution in [2.75, 3.05) is 36.8 Å². The van der Waals surface area contributed by atoms with Gasteiger partial charge in [-0.3, -0.25) is 4.79 Å². The predicted octanol–water partition coefficient (Wildman–Crippen LogP) is 5.43. The van der Waals surface area contributed by atoms with Crippen molar-refractivity contribution >= 4 is 17.6 Å². The molecule has 1 aliphatic rings. The summed E-state index contributed by atoms with van der Waals surface area (Å²) in [7, 11) is 0. The number of amides is 1. The summed E-state index contributed by atoms with van der Waals surface area (Å²) < 4.78 is 60.6. The molecule has 1 saturated heterocycles. The second kappa shape index (κ2) is 10.9. The summed E-state index contributed by atoms with van der Waals surface area (Å²) in [5, 5.41) is 12.8. The Hall–Kier alpha value is -3.47. The van der Waals surface area contributed by atoms with Crippen molar-refractivity contribution in [1.29, 1.82) is 0 Å². The van der Waals surface area contributed by atoms with Crippen LogP contribution in [-0.2, 0) is 6.18 Å². The van der Waals surface area contributed by atoms with Crippen molar-refractivity contribution in [3.05, 3.63) is 59.4 Å². The van der Waals surface area contributed by atoms with Crippen molar-refractivity contribution in [3.63, 3.8) is 0 Å². The first-order valence-electron chi connectivity index (χ1n) is 11.4. The van der Waals surface area contributed by atoms with Gasteiger partial charge in [-0.2, -0.15) is 13.2 Å². The second-order valence-electron chi connectivity index (χ2n) is 8.29. The van der Waals surface area contributed by atoms with Gasteiger partial charge in [-0.25, -0.2) is 4.39 Å². The van der Waals surface area contributed by atoms with E-state index in [1.807, 2.05) is 0 Å². The number of alkyl halides is 3. The number of piperidine rings is 1. The second-order valence-corrected chi connectivity index (χ2v) is 8.29.